The van der Waals surface area contributed by atoms with Crippen LogP contribution in [0.3, 0.4) is 0 Å². The molecule has 0 saturated carbocycles. The summed E-state index contributed by atoms with van der Waals surface area (Å²) in [7, 11) is 1.59. The molecule has 0 spiro atoms. The van der Waals surface area contributed by atoms with E-state index < -0.39 is 5.97 Å². The van der Waals surface area contributed by atoms with Gasteiger partial charge in [0.25, 0.3) is 0 Å². The van der Waals surface area contributed by atoms with Crippen molar-refractivity contribution in [2.45, 2.75) is 26.3 Å². The topological polar surface area (TPSA) is 78.9 Å². The molecule has 0 aromatic heterocycles. The highest BCUT2D eigenvalue weighted by Gasteiger charge is 2.18. The molecule has 0 atom stereocenters. The SMILES string of the molecule is COCCCNC(=O)N(CC(=O)O)C(C)C. The Morgan fingerprint density at radius 2 is 2.06 bits per heavy atom. The molecule has 0 aliphatic rings. The quantitative estimate of drug-likeness (QED) is 0.627. The number of rotatable bonds is 7. The predicted molar refractivity (Wildman–Crippen MR) is 59.4 cm³/mol. The lowest BCUT2D eigenvalue weighted by atomic mass is 10.3. The molecule has 0 aromatic rings. The van der Waals surface area contributed by atoms with Gasteiger partial charge in [0.15, 0.2) is 0 Å². The first-order valence-corrected chi connectivity index (χ1v) is 5.24. The molecule has 0 aliphatic heterocycles. The van der Waals surface area contributed by atoms with Crippen LogP contribution in [-0.2, 0) is 9.53 Å². The summed E-state index contributed by atoms with van der Waals surface area (Å²) in [6.07, 6.45) is 0.710. The van der Waals surface area contributed by atoms with E-state index >= 15 is 0 Å². The molecule has 6 nitrogen and oxygen atoms in total. The van der Waals surface area contributed by atoms with E-state index in [9.17, 15) is 9.59 Å². The molecule has 0 rings (SSSR count). The molecule has 0 unspecified atom stereocenters. The average molecular weight is 232 g/mol. The normalized spacial score (nSPS) is 10.2. The van der Waals surface area contributed by atoms with Crippen LogP contribution in [0.25, 0.3) is 0 Å². The van der Waals surface area contributed by atoms with E-state index in [2.05, 4.69) is 5.32 Å². The molecule has 0 saturated heterocycles. The van der Waals surface area contributed by atoms with Gasteiger partial charge in [-0.2, -0.15) is 0 Å². The summed E-state index contributed by atoms with van der Waals surface area (Å²) in [6, 6.07) is -0.493. The smallest absolute Gasteiger partial charge is 0.323 e. The van der Waals surface area contributed by atoms with E-state index in [0.717, 1.165) is 0 Å². The second kappa shape index (κ2) is 7.92. The third-order valence-corrected chi connectivity index (χ3v) is 1.99. The van der Waals surface area contributed by atoms with Crippen LogP contribution < -0.4 is 5.32 Å². The number of hydrogen-bond acceptors (Lipinski definition) is 3. The minimum absolute atomic E-state index is 0.140. The molecule has 0 aromatic carbocycles. The fourth-order valence-electron chi connectivity index (χ4n) is 1.15. The van der Waals surface area contributed by atoms with Crippen molar-refractivity contribution in [3.8, 4) is 0 Å². The lowest BCUT2D eigenvalue weighted by Crippen LogP contribution is -2.46. The van der Waals surface area contributed by atoms with Gasteiger partial charge in [-0.25, -0.2) is 4.79 Å². The van der Waals surface area contributed by atoms with Crippen LogP contribution in [0.5, 0.6) is 0 Å². The van der Waals surface area contributed by atoms with Gasteiger partial charge in [-0.1, -0.05) is 0 Å². The van der Waals surface area contributed by atoms with Gasteiger partial charge in [-0.15, -0.1) is 0 Å². The molecule has 16 heavy (non-hydrogen) atoms. The Morgan fingerprint density at radius 3 is 2.50 bits per heavy atom. The van der Waals surface area contributed by atoms with Crippen molar-refractivity contribution < 1.29 is 19.4 Å². The van der Waals surface area contributed by atoms with Gasteiger partial charge in [0.2, 0.25) is 0 Å². The lowest BCUT2D eigenvalue weighted by molar-refractivity contribution is -0.138. The van der Waals surface area contributed by atoms with Crippen molar-refractivity contribution in [3.63, 3.8) is 0 Å². The first-order chi connectivity index (χ1) is 7.49. The van der Waals surface area contributed by atoms with Crippen molar-refractivity contribution in [2.75, 3.05) is 26.8 Å². The Balaban J connectivity index is 4.02. The highest BCUT2D eigenvalue weighted by molar-refractivity contribution is 5.80. The number of carbonyl (C=O) groups excluding carboxylic acids is 1. The van der Waals surface area contributed by atoms with E-state index in [1.165, 1.54) is 4.90 Å². The third-order valence-electron chi connectivity index (χ3n) is 1.99. The standard InChI is InChI=1S/C10H20N2O4/c1-8(2)12(7-9(13)14)10(15)11-5-4-6-16-3/h8H,4-7H2,1-3H3,(H,11,15)(H,13,14). The Labute approximate surface area is 95.6 Å². The molecule has 2 N–H and O–H groups in total. The van der Waals surface area contributed by atoms with Crippen LogP contribution in [0.2, 0.25) is 0 Å². The number of carboxylic acid groups (broad SMARTS) is 1. The maximum Gasteiger partial charge on any atom is 0.323 e. The maximum absolute atomic E-state index is 11.6. The second-order valence-corrected chi connectivity index (χ2v) is 3.69. The molecular weight excluding hydrogens is 212 g/mol. The summed E-state index contributed by atoms with van der Waals surface area (Å²) in [5.41, 5.74) is 0. The molecule has 94 valence electrons. The third kappa shape index (κ3) is 6.23. The summed E-state index contributed by atoms with van der Waals surface area (Å²) in [5.74, 6) is -1.01. The van der Waals surface area contributed by atoms with Crippen molar-refractivity contribution in [1.29, 1.82) is 0 Å². The van der Waals surface area contributed by atoms with Crippen LogP contribution in [0, 0.1) is 0 Å². The summed E-state index contributed by atoms with van der Waals surface area (Å²) in [4.78, 5) is 23.4. The molecule has 0 fully saturated rings. The van der Waals surface area contributed by atoms with Gasteiger partial charge >= 0.3 is 12.0 Å². The molecule has 2 amide bonds. The zero-order chi connectivity index (χ0) is 12.6. The van der Waals surface area contributed by atoms with Crippen LogP contribution in [0.15, 0.2) is 0 Å². The average Bonchev–Trinajstić information content (AvgIpc) is 2.20. The van der Waals surface area contributed by atoms with Gasteiger partial charge in [0.05, 0.1) is 0 Å². The second-order valence-electron chi connectivity index (χ2n) is 3.69. The highest BCUT2D eigenvalue weighted by Crippen LogP contribution is 1.98. The lowest BCUT2D eigenvalue weighted by Gasteiger charge is -2.25. The van der Waals surface area contributed by atoms with Gasteiger partial charge in [0.1, 0.15) is 6.54 Å². The summed E-state index contributed by atoms with van der Waals surface area (Å²) >= 11 is 0. The van der Waals surface area contributed by atoms with Crippen LogP contribution in [0.4, 0.5) is 4.79 Å². The number of methoxy groups -OCH3 is 1. The Morgan fingerprint density at radius 1 is 1.44 bits per heavy atom. The number of amides is 2. The van der Waals surface area contributed by atoms with Crippen molar-refractivity contribution in [2.24, 2.45) is 0 Å². The van der Waals surface area contributed by atoms with Crippen molar-refractivity contribution in [3.05, 3.63) is 0 Å². The molecule has 0 bridgehead atoms. The first-order valence-electron chi connectivity index (χ1n) is 5.24. The summed E-state index contributed by atoms with van der Waals surface area (Å²) < 4.78 is 4.84. The number of carbonyl (C=O) groups is 2. The zero-order valence-electron chi connectivity index (χ0n) is 10.0. The molecular formula is C10H20N2O4. The minimum Gasteiger partial charge on any atom is -0.480 e. The Hall–Kier alpha value is -1.30. The number of nitrogens with one attached hydrogen (secondary N) is 1. The van der Waals surface area contributed by atoms with Gasteiger partial charge in [-0.05, 0) is 20.3 Å². The molecule has 0 radical (unpaired) electrons. The maximum atomic E-state index is 11.6. The first kappa shape index (κ1) is 14.7. The van der Waals surface area contributed by atoms with Crippen molar-refractivity contribution in [1.82, 2.24) is 10.2 Å². The fraction of sp³-hybridized carbons (Fsp3) is 0.800. The minimum atomic E-state index is -1.01. The van der Waals surface area contributed by atoms with Gasteiger partial charge < -0.3 is 20.1 Å². The van der Waals surface area contributed by atoms with E-state index in [4.69, 9.17) is 9.84 Å². The van der Waals surface area contributed by atoms with Gasteiger partial charge in [0, 0.05) is 26.3 Å². The molecule has 0 heterocycles. The van der Waals surface area contributed by atoms with E-state index in [0.29, 0.717) is 19.6 Å². The number of ether oxygens (including phenoxy) is 1. The van der Waals surface area contributed by atoms with Crippen molar-refractivity contribution >= 4 is 12.0 Å². The van der Waals surface area contributed by atoms with E-state index in [-0.39, 0.29) is 18.6 Å². The largest absolute Gasteiger partial charge is 0.480 e. The fourth-order valence-corrected chi connectivity index (χ4v) is 1.15. The Kier molecular flexibility index (Phi) is 7.28. The highest BCUT2D eigenvalue weighted by atomic mass is 16.5. The van der Waals surface area contributed by atoms with Crippen LogP contribution in [-0.4, -0.2) is 54.9 Å². The number of carboxylic acids is 1. The van der Waals surface area contributed by atoms with Crippen LogP contribution in [0.1, 0.15) is 20.3 Å². The molecule has 0 aliphatic carbocycles. The summed E-state index contributed by atoms with van der Waals surface area (Å²) in [6.45, 7) is 4.32. The van der Waals surface area contributed by atoms with E-state index in [1.807, 2.05) is 0 Å². The number of urea groups is 1. The molecule has 6 heteroatoms. The zero-order valence-corrected chi connectivity index (χ0v) is 10.0. The summed E-state index contributed by atoms with van der Waals surface area (Å²) in [5, 5.41) is 11.3. The Bertz CT molecular complexity index is 231. The van der Waals surface area contributed by atoms with Gasteiger partial charge in [-0.3, -0.25) is 4.79 Å². The monoisotopic (exact) mass is 232 g/mol. The van der Waals surface area contributed by atoms with Crippen LogP contribution >= 0.6 is 0 Å². The van der Waals surface area contributed by atoms with E-state index in [1.54, 1.807) is 21.0 Å². The number of hydrogen-bond donors (Lipinski definition) is 2. The number of nitrogens with zero attached hydrogens (tertiary/aromatic N) is 1. The predicted octanol–water partition coefficient (Wildman–Crippen LogP) is 0.527. The number of aliphatic carboxylic acids is 1.